The summed E-state index contributed by atoms with van der Waals surface area (Å²) < 4.78 is 18.2. The molecule has 14 heavy (non-hydrogen) atoms. The monoisotopic (exact) mass is 196 g/mol. The summed E-state index contributed by atoms with van der Waals surface area (Å²) in [5.41, 5.74) is 0. The third-order valence-electron chi connectivity index (χ3n) is 2.26. The van der Waals surface area contributed by atoms with Crippen molar-refractivity contribution in [3.8, 4) is 0 Å². The van der Waals surface area contributed by atoms with Gasteiger partial charge in [-0.1, -0.05) is 0 Å². The van der Waals surface area contributed by atoms with Gasteiger partial charge in [0.25, 0.3) is 0 Å². The second-order valence-electron chi connectivity index (χ2n) is 3.38. The van der Waals surface area contributed by atoms with Crippen LogP contribution in [-0.2, 0) is 4.74 Å². The van der Waals surface area contributed by atoms with Crippen molar-refractivity contribution >= 4 is 5.82 Å². The number of halogens is 1. The molecule has 0 amide bonds. The predicted molar refractivity (Wildman–Crippen MR) is 51.7 cm³/mol. The van der Waals surface area contributed by atoms with Crippen LogP contribution in [-0.4, -0.2) is 24.2 Å². The average Bonchev–Trinajstić information content (AvgIpc) is 2.67. The van der Waals surface area contributed by atoms with Gasteiger partial charge in [-0.15, -0.1) is 0 Å². The number of hydrogen-bond donors (Lipinski definition) is 1. The van der Waals surface area contributed by atoms with Gasteiger partial charge in [-0.2, -0.15) is 0 Å². The van der Waals surface area contributed by atoms with Crippen molar-refractivity contribution in [2.75, 3.05) is 18.5 Å². The first-order valence-electron chi connectivity index (χ1n) is 4.81. The normalized spacial score (nSPS) is 21.1. The Hall–Kier alpha value is -1.16. The highest BCUT2D eigenvalue weighted by atomic mass is 19.1. The van der Waals surface area contributed by atoms with Crippen molar-refractivity contribution < 1.29 is 9.13 Å². The van der Waals surface area contributed by atoms with Crippen LogP contribution in [0, 0.1) is 5.82 Å². The molecule has 3 nitrogen and oxygen atoms in total. The predicted octanol–water partition coefficient (Wildman–Crippen LogP) is 1.81. The summed E-state index contributed by atoms with van der Waals surface area (Å²) in [4.78, 5) is 3.99. The lowest BCUT2D eigenvalue weighted by Crippen LogP contribution is -2.18. The number of nitrogens with one attached hydrogen (secondary N) is 1. The molecule has 1 aliphatic rings. The van der Waals surface area contributed by atoms with Crippen LogP contribution in [0.25, 0.3) is 0 Å². The Kier molecular flexibility index (Phi) is 2.93. The van der Waals surface area contributed by atoms with E-state index in [1.54, 1.807) is 0 Å². The molecule has 2 heterocycles. The van der Waals surface area contributed by atoms with Crippen LogP contribution < -0.4 is 5.32 Å². The van der Waals surface area contributed by atoms with E-state index >= 15 is 0 Å². The first kappa shape index (κ1) is 9.40. The molecule has 0 saturated carbocycles. The average molecular weight is 196 g/mol. The van der Waals surface area contributed by atoms with Gasteiger partial charge in [-0.3, -0.25) is 0 Å². The molecule has 4 heteroatoms. The summed E-state index contributed by atoms with van der Waals surface area (Å²) in [6.45, 7) is 1.54. The van der Waals surface area contributed by atoms with Crippen molar-refractivity contribution in [2.45, 2.75) is 18.9 Å². The number of aromatic nitrogens is 1. The molecule has 1 aromatic heterocycles. The molecule has 1 atom stereocenters. The fourth-order valence-electron chi connectivity index (χ4n) is 1.53. The van der Waals surface area contributed by atoms with Crippen LogP contribution in [0.3, 0.4) is 0 Å². The highest BCUT2D eigenvalue weighted by Gasteiger charge is 2.14. The van der Waals surface area contributed by atoms with E-state index in [-0.39, 0.29) is 11.9 Å². The molecule has 1 unspecified atom stereocenters. The zero-order chi connectivity index (χ0) is 9.80. The van der Waals surface area contributed by atoms with Gasteiger partial charge >= 0.3 is 0 Å². The zero-order valence-corrected chi connectivity index (χ0v) is 7.87. The molecule has 0 spiro atoms. The number of pyridine rings is 1. The van der Waals surface area contributed by atoms with E-state index < -0.39 is 0 Å². The largest absolute Gasteiger partial charge is 0.376 e. The zero-order valence-electron chi connectivity index (χ0n) is 7.87. The Balaban J connectivity index is 1.85. The number of ether oxygens (including phenoxy) is 1. The van der Waals surface area contributed by atoms with E-state index in [0.29, 0.717) is 12.4 Å². The quantitative estimate of drug-likeness (QED) is 0.800. The lowest BCUT2D eigenvalue weighted by atomic mass is 10.2. The van der Waals surface area contributed by atoms with Crippen LogP contribution in [0.15, 0.2) is 18.3 Å². The van der Waals surface area contributed by atoms with Crippen LogP contribution in [0.2, 0.25) is 0 Å². The molecule has 1 fully saturated rings. The molecule has 0 radical (unpaired) electrons. The molecule has 2 rings (SSSR count). The number of hydrogen-bond acceptors (Lipinski definition) is 3. The van der Waals surface area contributed by atoms with Crippen LogP contribution in [0.1, 0.15) is 12.8 Å². The van der Waals surface area contributed by atoms with Gasteiger partial charge in [-0.25, -0.2) is 9.37 Å². The summed E-state index contributed by atoms with van der Waals surface area (Å²) in [5, 5.41) is 3.05. The minimum Gasteiger partial charge on any atom is -0.376 e. The van der Waals surface area contributed by atoms with Crippen molar-refractivity contribution in [1.82, 2.24) is 4.98 Å². The third kappa shape index (κ3) is 2.42. The fourth-order valence-corrected chi connectivity index (χ4v) is 1.53. The maximum atomic E-state index is 12.8. The lowest BCUT2D eigenvalue weighted by Gasteiger charge is -2.10. The van der Waals surface area contributed by atoms with Crippen molar-refractivity contribution in [3.63, 3.8) is 0 Å². The van der Waals surface area contributed by atoms with E-state index in [1.807, 2.05) is 0 Å². The molecule has 0 aliphatic carbocycles. The summed E-state index contributed by atoms with van der Waals surface area (Å²) in [6, 6.07) is 2.71. The first-order chi connectivity index (χ1) is 6.84. The molecule has 1 aromatic rings. The highest BCUT2D eigenvalue weighted by molar-refractivity contribution is 5.33. The number of anilines is 1. The summed E-state index contributed by atoms with van der Waals surface area (Å²) >= 11 is 0. The molecule has 1 N–H and O–H groups in total. The number of rotatable bonds is 3. The highest BCUT2D eigenvalue weighted by Crippen LogP contribution is 2.13. The van der Waals surface area contributed by atoms with Gasteiger partial charge in [0.15, 0.2) is 0 Å². The Morgan fingerprint density at radius 3 is 3.29 bits per heavy atom. The minimum absolute atomic E-state index is 0.250. The molecule has 76 valence electrons. The Morgan fingerprint density at radius 1 is 1.64 bits per heavy atom. The van der Waals surface area contributed by atoms with Gasteiger partial charge in [0, 0.05) is 25.4 Å². The second kappa shape index (κ2) is 4.37. The van der Waals surface area contributed by atoms with Gasteiger partial charge < -0.3 is 10.1 Å². The van der Waals surface area contributed by atoms with Crippen molar-refractivity contribution in [3.05, 3.63) is 24.1 Å². The van der Waals surface area contributed by atoms with Crippen LogP contribution in [0.5, 0.6) is 0 Å². The van der Waals surface area contributed by atoms with E-state index in [4.69, 9.17) is 4.74 Å². The second-order valence-corrected chi connectivity index (χ2v) is 3.38. The SMILES string of the molecule is Fc1ccnc(NCC2CCCO2)c1. The van der Waals surface area contributed by atoms with Gasteiger partial charge in [0.05, 0.1) is 6.10 Å². The molecular weight excluding hydrogens is 183 g/mol. The van der Waals surface area contributed by atoms with Crippen molar-refractivity contribution in [2.24, 2.45) is 0 Å². The van der Waals surface area contributed by atoms with Gasteiger partial charge in [0.2, 0.25) is 0 Å². The topological polar surface area (TPSA) is 34.2 Å². The van der Waals surface area contributed by atoms with Gasteiger partial charge in [0.1, 0.15) is 11.6 Å². The molecule has 0 bridgehead atoms. The molecular formula is C10H13FN2O. The van der Waals surface area contributed by atoms with Crippen LogP contribution in [0.4, 0.5) is 10.2 Å². The molecule has 1 aliphatic heterocycles. The van der Waals surface area contributed by atoms with E-state index in [9.17, 15) is 4.39 Å². The van der Waals surface area contributed by atoms with Crippen LogP contribution >= 0.6 is 0 Å². The Bertz CT molecular complexity index is 300. The van der Waals surface area contributed by atoms with E-state index in [2.05, 4.69) is 10.3 Å². The summed E-state index contributed by atoms with van der Waals surface area (Å²) in [6.07, 6.45) is 3.89. The van der Waals surface area contributed by atoms with Crippen molar-refractivity contribution in [1.29, 1.82) is 0 Å². The fraction of sp³-hybridized carbons (Fsp3) is 0.500. The standard InChI is InChI=1S/C10H13FN2O/c11-8-3-4-12-10(6-8)13-7-9-2-1-5-14-9/h3-4,6,9H,1-2,5,7H2,(H,12,13). The maximum absolute atomic E-state index is 12.8. The lowest BCUT2D eigenvalue weighted by molar-refractivity contribution is 0.120. The van der Waals surface area contributed by atoms with E-state index in [1.165, 1.54) is 18.3 Å². The third-order valence-corrected chi connectivity index (χ3v) is 2.26. The number of nitrogens with zero attached hydrogens (tertiary/aromatic N) is 1. The minimum atomic E-state index is -0.269. The summed E-state index contributed by atoms with van der Waals surface area (Å²) in [5.74, 6) is 0.301. The first-order valence-corrected chi connectivity index (χ1v) is 4.81. The Labute approximate surface area is 82.3 Å². The van der Waals surface area contributed by atoms with Gasteiger partial charge in [-0.05, 0) is 18.9 Å². The Morgan fingerprint density at radius 2 is 2.57 bits per heavy atom. The van der Waals surface area contributed by atoms with E-state index in [0.717, 1.165) is 19.4 Å². The smallest absolute Gasteiger partial charge is 0.128 e. The molecule has 0 aromatic carbocycles. The summed E-state index contributed by atoms with van der Waals surface area (Å²) in [7, 11) is 0. The maximum Gasteiger partial charge on any atom is 0.128 e. The molecule has 1 saturated heterocycles.